The van der Waals surface area contributed by atoms with Crippen LogP contribution in [-0.2, 0) is 0 Å². The van der Waals surface area contributed by atoms with Crippen molar-refractivity contribution in [3.63, 3.8) is 0 Å². The number of nitrogens with one attached hydrogen (secondary N) is 1. The number of hydrogen-bond acceptors (Lipinski definition) is 2. The molecule has 4 heteroatoms. The highest BCUT2D eigenvalue weighted by atomic mass is 35.5. The molecule has 2 aromatic carbocycles. The Morgan fingerprint density at radius 3 is 2.50 bits per heavy atom. The lowest BCUT2D eigenvalue weighted by molar-refractivity contribution is 0.102. The highest BCUT2D eigenvalue weighted by Gasteiger charge is 2.06. The summed E-state index contributed by atoms with van der Waals surface area (Å²) in [5.41, 5.74) is 1.68. The topological polar surface area (TPSA) is 52.9 Å². The van der Waals surface area contributed by atoms with Gasteiger partial charge in [0.15, 0.2) is 0 Å². The standard InChI is InChI=1S/C14H9ClN2O/c15-12-3-1-2-11(8-12)14(18)17-13-6-4-10(9-16)5-7-13/h1-8H,(H,17,18). The molecule has 0 saturated heterocycles. The summed E-state index contributed by atoms with van der Waals surface area (Å²) in [5, 5.41) is 11.9. The Morgan fingerprint density at radius 2 is 1.89 bits per heavy atom. The van der Waals surface area contributed by atoms with Gasteiger partial charge < -0.3 is 5.32 Å². The number of nitrogens with zero attached hydrogens (tertiary/aromatic N) is 1. The summed E-state index contributed by atoms with van der Waals surface area (Å²) in [7, 11) is 0. The Morgan fingerprint density at radius 1 is 1.17 bits per heavy atom. The average Bonchev–Trinajstić information content (AvgIpc) is 2.39. The number of benzene rings is 2. The van der Waals surface area contributed by atoms with E-state index in [1.54, 1.807) is 48.5 Å². The van der Waals surface area contributed by atoms with Gasteiger partial charge in [0.25, 0.3) is 5.91 Å². The molecule has 0 radical (unpaired) electrons. The highest BCUT2D eigenvalue weighted by Crippen LogP contribution is 2.14. The van der Waals surface area contributed by atoms with Gasteiger partial charge in [-0.25, -0.2) is 0 Å². The second-order valence-electron chi connectivity index (χ2n) is 3.65. The van der Waals surface area contributed by atoms with E-state index in [0.717, 1.165) is 0 Å². The molecule has 0 heterocycles. The normalized spacial score (nSPS) is 9.56. The summed E-state index contributed by atoms with van der Waals surface area (Å²) in [6, 6.07) is 15.4. The van der Waals surface area contributed by atoms with E-state index in [2.05, 4.69) is 5.32 Å². The third-order valence-electron chi connectivity index (χ3n) is 2.36. The van der Waals surface area contributed by atoms with Gasteiger partial charge in [0.2, 0.25) is 0 Å². The van der Waals surface area contributed by atoms with Crippen LogP contribution in [0.4, 0.5) is 5.69 Å². The fourth-order valence-corrected chi connectivity index (χ4v) is 1.65. The maximum Gasteiger partial charge on any atom is 0.255 e. The molecule has 0 aliphatic rings. The number of hydrogen-bond donors (Lipinski definition) is 1. The van der Waals surface area contributed by atoms with Crippen LogP contribution in [0.25, 0.3) is 0 Å². The van der Waals surface area contributed by atoms with Crippen LogP contribution >= 0.6 is 11.6 Å². The highest BCUT2D eigenvalue weighted by molar-refractivity contribution is 6.31. The predicted octanol–water partition coefficient (Wildman–Crippen LogP) is 3.46. The third-order valence-corrected chi connectivity index (χ3v) is 2.59. The van der Waals surface area contributed by atoms with Crippen LogP contribution in [0.3, 0.4) is 0 Å². The molecule has 0 bridgehead atoms. The molecule has 0 saturated carbocycles. The lowest BCUT2D eigenvalue weighted by Gasteiger charge is -2.05. The monoisotopic (exact) mass is 256 g/mol. The lowest BCUT2D eigenvalue weighted by atomic mass is 10.2. The van der Waals surface area contributed by atoms with Crippen LogP contribution in [0.5, 0.6) is 0 Å². The van der Waals surface area contributed by atoms with Crippen LogP contribution in [0, 0.1) is 11.3 Å². The molecule has 88 valence electrons. The molecule has 0 aromatic heterocycles. The van der Waals surface area contributed by atoms with E-state index < -0.39 is 0 Å². The number of carbonyl (C=O) groups is 1. The first-order valence-corrected chi connectivity index (χ1v) is 5.64. The number of carbonyl (C=O) groups excluding carboxylic acids is 1. The van der Waals surface area contributed by atoms with Crippen molar-refractivity contribution in [1.29, 1.82) is 5.26 Å². The van der Waals surface area contributed by atoms with Crippen LogP contribution in [0.15, 0.2) is 48.5 Å². The average molecular weight is 257 g/mol. The first kappa shape index (κ1) is 12.2. The van der Waals surface area contributed by atoms with Crippen molar-refractivity contribution in [3.05, 3.63) is 64.7 Å². The molecule has 3 nitrogen and oxygen atoms in total. The van der Waals surface area contributed by atoms with Gasteiger partial charge in [-0.15, -0.1) is 0 Å². The summed E-state index contributed by atoms with van der Waals surface area (Å²) in [4.78, 5) is 11.9. The minimum atomic E-state index is -0.234. The predicted molar refractivity (Wildman–Crippen MR) is 70.6 cm³/mol. The van der Waals surface area contributed by atoms with Crippen molar-refractivity contribution in [2.75, 3.05) is 5.32 Å². The molecule has 0 aliphatic heterocycles. The fraction of sp³-hybridized carbons (Fsp3) is 0. The minimum absolute atomic E-state index is 0.234. The van der Waals surface area contributed by atoms with Crippen molar-refractivity contribution in [1.82, 2.24) is 0 Å². The Hall–Kier alpha value is -2.31. The number of anilines is 1. The fourth-order valence-electron chi connectivity index (χ4n) is 1.46. The molecule has 0 spiro atoms. The minimum Gasteiger partial charge on any atom is -0.322 e. The van der Waals surface area contributed by atoms with Crippen molar-refractivity contribution in [2.24, 2.45) is 0 Å². The van der Waals surface area contributed by atoms with Gasteiger partial charge in [-0.3, -0.25) is 4.79 Å². The van der Waals surface area contributed by atoms with Gasteiger partial charge in [0.1, 0.15) is 0 Å². The van der Waals surface area contributed by atoms with E-state index in [1.165, 1.54) is 0 Å². The van der Waals surface area contributed by atoms with E-state index in [9.17, 15) is 4.79 Å². The molecule has 1 N–H and O–H groups in total. The van der Waals surface area contributed by atoms with Gasteiger partial charge >= 0.3 is 0 Å². The van der Waals surface area contributed by atoms with Crippen LogP contribution in [0.1, 0.15) is 15.9 Å². The Kier molecular flexibility index (Phi) is 3.61. The number of rotatable bonds is 2. The first-order chi connectivity index (χ1) is 8.69. The number of halogens is 1. The van der Waals surface area contributed by atoms with Gasteiger partial charge in [0, 0.05) is 16.3 Å². The smallest absolute Gasteiger partial charge is 0.255 e. The molecular formula is C14H9ClN2O. The van der Waals surface area contributed by atoms with E-state index in [0.29, 0.717) is 21.8 Å². The van der Waals surface area contributed by atoms with E-state index >= 15 is 0 Å². The number of nitriles is 1. The third kappa shape index (κ3) is 2.88. The van der Waals surface area contributed by atoms with Crippen LogP contribution < -0.4 is 5.32 Å². The van der Waals surface area contributed by atoms with Gasteiger partial charge in [-0.2, -0.15) is 5.26 Å². The second-order valence-corrected chi connectivity index (χ2v) is 4.09. The Balaban J connectivity index is 2.14. The Bertz CT molecular complexity index is 614. The van der Waals surface area contributed by atoms with Crippen LogP contribution in [0.2, 0.25) is 5.02 Å². The molecule has 2 aromatic rings. The first-order valence-electron chi connectivity index (χ1n) is 5.26. The maximum atomic E-state index is 11.9. The second kappa shape index (κ2) is 5.35. The summed E-state index contributed by atoms with van der Waals surface area (Å²) in [6.45, 7) is 0. The SMILES string of the molecule is N#Cc1ccc(NC(=O)c2cccc(Cl)c2)cc1. The number of amides is 1. The maximum absolute atomic E-state index is 11.9. The summed E-state index contributed by atoms with van der Waals surface area (Å²) in [6.07, 6.45) is 0. The molecule has 0 atom stereocenters. The summed E-state index contributed by atoms with van der Waals surface area (Å²) < 4.78 is 0. The van der Waals surface area contributed by atoms with E-state index in [-0.39, 0.29) is 5.91 Å². The molecular weight excluding hydrogens is 248 g/mol. The molecule has 1 amide bonds. The summed E-state index contributed by atoms with van der Waals surface area (Å²) in [5.74, 6) is -0.234. The zero-order chi connectivity index (χ0) is 13.0. The van der Waals surface area contributed by atoms with Gasteiger partial charge in [0.05, 0.1) is 11.6 Å². The van der Waals surface area contributed by atoms with Gasteiger partial charge in [-0.1, -0.05) is 17.7 Å². The quantitative estimate of drug-likeness (QED) is 0.895. The Labute approximate surface area is 110 Å². The van der Waals surface area contributed by atoms with Crippen molar-refractivity contribution < 1.29 is 4.79 Å². The van der Waals surface area contributed by atoms with E-state index in [4.69, 9.17) is 16.9 Å². The van der Waals surface area contributed by atoms with Crippen molar-refractivity contribution in [2.45, 2.75) is 0 Å². The van der Waals surface area contributed by atoms with Crippen molar-refractivity contribution >= 4 is 23.2 Å². The molecule has 2 rings (SSSR count). The molecule has 0 unspecified atom stereocenters. The van der Waals surface area contributed by atoms with E-state index in [1.807, 2.05) is 6.07 Å². The molecule has 0 fully saturated rings. The zero-order valence-electron chi connectivity index (χ0n) is 9.35. The molecule has 18 heavy (non-hydrogen) atoms. The molecule has 0 aliphatic carbocycles. The van der Waals surface area contributed by atoms with Crippen LogP contribution in [-0.4, -0.2) is 5.91 Å². The van der Waals surface area contributed by atoms with Crippen molar-refractivity contribution in [3.8, 4) is 6.07 Å². The largest absolute Gasteiger partial charge is 0.322 e. The summed E-state index contributed by atoms with van der Waals surface area (Å²) >= 11 is 5.82. The lowest BCUT2D eigenvalue weighted by Crippen LogP contribution is -2.11. The van der Waals surface area contributed by atoms with Gasteiger partial charge in [-0.05, 0) is 42.5 Å². The zero-order valence-corrected chi connectivity index (χ0v) is 10.1.